The summed E-state index contributed by atoms with van der Waals surface area (Å²) in [7, 11) is 0. The molecule has 0 bridgehead atoms. The van der Waals surface area contributed by atoms with Crippen molar-refractivity contribution in [3.05, 3.63) is 39.9 Å². The quantitative estimate of drug-likeness (QED) is 0.619. The molecule has 1 aromatic rings. The molecule has 0 spiro atoms. The zero-order valence-corrected chi connectivity index (χ0v) is 11.8. The van der Waals surface area contributed by atoms with Gasteiger partial charge in [0.15, 0.2) is 0 Å². The van der Waals surface area contributed by atoms with Gasteiger partial charge in [-0.2, -0.15) is 0 Å². The lowest BCUT2D eigenvalue weighted by Gasteiger charge is -2.21. The van der Waals surface area contributed by atoms with E-state index in [9.17, 15) is 15.2 Å². The molecule has 20 heavy (non-hydrogen) atoms. The number of rotatable bonds is 6. The van der Waals surface area contributed by atoms with Crippen LogP contribution in [0.5, 0.6) is 0 Å². The van der Waals surface area contributed by atoms with Crippen LogP contribution >= 0.6 is 0 Å². The Morgan fingerprint density at radius 3 is 2.80 bits per heavy atom. The molecule has 1 fully saturated rings. The summed E-state index contributed by atoms with van der Waals surface area (Å²) in [6.45, 7) is 2.49. The predicted molar refractivity (Wildman–Crippen MR) is 77.5 cm³/mol. The molecule has 0 aliphatic heterocycles. The van der Waals surface area contributed by atoms with Crippen LogP contribution in [-0.4, -0.2) is 22.7 Å². The van der Waals surface area contributed by atoms with Gasteiger partial charge in [-0.1, -0.05) is 25.0 Å². The van der Waals surface area contributed by atoms with Crippen LogP contribution in [0.1, 0.15) is 44.2 Å². The minimum absolute atomic E-state index is 0.00838. The van der Waals surface area contributed by atoms with E-state index >= 15 is 0 Å². The van der Waals surface area contributed by atoms with Gasteiger partial charge in [-0.15, -0.1) is 0 Å². The van der Waals surface area contributed by atoms with Gasteiger partial charge in [0, 0.05) is 24.7 Å². The van der Waals surface area contributed by atoms with Gasteiger partial charge in [0.25, 0.3) is 5.69 Å². The van der Waals surface area contributed by atoms with Gasteiger partial charge >= 0.3 is 0 Å². The highest BCUT2D eigenvalue weighted by Gasteiger charge is 2.23. The first-order valence-corrected chi connectivity index (χ1v) is 7.23. The highest BCUT2D eigenvalue weighted by molar-refractivity contribution is 5.35. The maximum Gasteiger partial charge on any atom is 0.269 e. The van der Waals surface area contributed by atoms with E-state index in [0.717, 1.165) is 18.4 Å². The number of nitrogens with one attached hydrogen (secondary N) is 1. The number of non-ortho nitro benzene ring substituents is 1. The molecule has 2 rings (SSSR count). The van der Waals surface area contributed by atoms with E-state index in [1.807, 2.05) is 13.0 Å². The lowest BCUT2D eigenvalue weighted by atomic mass is 10.00. The first-order chi connectivity index (χ1) is 9.58. The number of hydrogen-bond donors (Lipinski definition) is 2. The molecule has 1 aliphatic carbocycles. The summed E-state index contributed by atoms with van der Waals surface area (Å²) in [6.07, 6.45) is 4.31. The molecule has 5 heteroatoms. The van der Waals surface area contributed by atoms with Gasteiger partial charge in [0.1, 0.15) is 0 Å². The van der Waals surface area contributed by atoms with Gasteiger partial charge < -0.3 is 10.4 Å². The molecule has 5 nitrogen and oxygen atoms in total. The Labute approximate surface area is 119 Å². The number of benzene rings is 1. The fourth-order valence-electron chi connectivity index (χ4n) is 2.83. The van der Waals surface area contributed by atoms with Gasteiger partial charge in [0.05, 0.1) is 11.0 Å². The normalized spacial score (nSPS) is 18.9. The SMILES string of the molecule is CC(NCC(O)C1CCCC1)c1cccc([N+](=O)[O-])c1. The van der Waals surface area contributed by atoms with Gasteiger partial charge in [-0.3, -0.25) is 10.1 Å². The van der Waals surface area contributed by atoms with Crippen molar-refractivity contribution >= 4 is 5.69 Å². The van der Waals surface area contributed by atoms with E-state index in [2.05, 4.69) is 5.32 Å². The van der Waals surface area contributed by atoms with Gasteiger partial charge in [-0.05, 0) is 31.2 Å². The van der Waals surface area contributed by atoms with Crippen LogP contribution in [-0.2, 0) is 0 Å². The minimum Gasteiger partial charge on any atom is -0.392 e. The molecule has 0 amide bonds. The van der Waals surface area contributed by atoms with Crippen LogP contribution in [0.3, 0.4) is 0 Å². The van der Waals surface area contributed by atoms with Crippen molar-refractivity contribution < 1.29 is 10.0 Å². The number of nitro groups is 1. The van der Waals surface area contributed by atoms with Gasteiger partial charge in [0.2, 0.25) is 0 Å². The van der Waals surface area contributed by atoms with E-state index in [4.69, 9.17) is 0 Å². The summed E-state index contributed by atoms with van der Waals surface area (Å²) < 4.78 is 0. The highest BCUT2D eigenvalue weighted by Crippen LogP contribution is 2.27. The average Bonchev–Trinajstić information content (AvgIpc) is 2.98. The Hall–Kier alpha value is -1.46. The van der Waals surface area contributed by atoms with Gasteiger partial charge in [-0.25, -0.2) is 0 Å². The van der Waals surface area contributed by atoms with Crippen LogP contribution in [0.4, 0.5) is 5.69 Å². The van der Waals surface area contributed by atoms with E-state index < -0.39 is 0 Å². The summed E-state index contributed by atoms with van der Waals surface area (Å²) in [5, 5.41) is 24.1. The molecule has 1 saturated carbocycles. The number of aliphatic hydroxyl groups is 1. The van der Waals surface area contributed by atoms with Crippen molar-refractivity contribution in [2.45, 2.75) is 44.8 Å². The van der Waals surface area contributed by atoms with Crippen molar-refractivity contribution in [3.63, 3.8) is 0 Å². The second-order valence-electron chi connectivity index (χ2n) is 5.59. The van der Waals surface area contributed by atoms with Crippen LogP contribution in [0.25, 0.3) is 0 Å². The number of nitro benzene ring substituents is 1. The summed E-state index contributed by atoms with van der Waals surface area (Å²) in [4.78, 5) is 10.4. The Balaban J connectivity index is 1.89. The highest BCUT2D eigenvalue weighted by atomic mass is 16.6. The third-order valence-corrected chi connectivity index (χ3v) is 4.16. The largest absolute Gasteiger partial charge is 0.392 e. The van der Waals surface area contributed by atoms with E-state index in [1.165, 1.54) is 18.9 Å². The molecular weight excluding hydrogens is 256 g/mol. The maximum absolute atomic E-state index is 10.8. The zero-order chi connectivity index (χ0) is 14.5. The molecule has 2 atom stereocenters. The first kappa shape index (κ1) is 14.9. The second-order valence-corrected chi connectivity index (χ2v) is 5.59. The first-order valence-electron chi connectivity index (χ1n) is 7.23. The second kappa shape index (κ2) is 6.81. The standard InChI is InChI=1S/C15H22N2O3/c1-11(13-7-4-8-14(9-13)17(19)20)16-10-15(18)12-5-2-3-6-12/h4,7-9,11-12,15-16,18H,2-3,5-6,10H2,1H3. The monoisotopic (exact) mass is 278 g/mol. The van der Waals surface area contributed by atoms with Crippen molar-refractivity contribution in [1.82, 2.24) is 5.32 Å². The number of aliphatic hydroxyl groups excluding tert-OH is 1. The van der Waals surface area contributed by atoms with Crippen molar-refractivity contribution in [3.8, 4) is 0 Å². The Bertz CT molecular complexity index is 458. The number of nitrogens with zero attached hydrogens (tertiary/aromatic N) is 1. The summed E-state index contributed by atoms with van der Waals surface area (Å²) in [5.74, 6) is 0.403. The van der Waals surface area contributed by atoms with E-state index in [-0.39, 0.29) is 22.8 Å². The van der Waals surface area contributed by atoms with E-state index in [0.29, 0.717) is 12.5 Å². The average molecular weight is 278 g/mol. The summed E-state index contributed by atoms with van der Waals surface area (Å²) in [5.41, 5.74) is 0.977. The molecule has 110 valence electrons. The Kier molecular flexibility index (Phi) is 5.09. The molecule has 2 unspecified atom stereocenters. The smallest absolute Gasteiger partial charge is 0.269 e. The zero-order valence-electron chi connectivity index (χ0n) is 11.8. The minimum atomic E-state index is -0.385. The van der Waals surface area contributed by atoms with Crippen molar-refractivity contribution in [2.24, 2.45) is 5.92 Å². The molecule has 1 aliphatic rings. The van der Waals surface area contributed by atoms with Crippen LogP contribution in [0.15, 0.2) is 24.3 Å². The van der Waals surface area contributed by atoms with Crippen molar-refractivity contribution in [2.75, 3.05) is 6.54 Å². The molecule has 2 N–H and O–H groups in total. The predicted octanol–water partition coefficient (Wildman–Crippen LogP) is 2.80. The molecule has 0 radical (unpaired) electrons. The maximum atomic E-state index is 10.8. The fourth-order valence-corrected chi connectivity index (χ4v) is 2.83. The lowest BCUT2D eigenvalue weighted by Crippen LogP contribution is -2.33. The third kappa shape index (κ3) is 3.77. The molecule has 0 heterocycles. The number of hydrogen-bond acceptors (Lipinski definition) is 4. The Morgan fingerprint density at radius 2 is 2.15 bits per heavy atom. The summed E-state index contributed by atoms with van der Waals surface area (Å²) >= 11 is 0. The van der Waals surface area contributed by atoms with Crippen LogP contribution in [0, 0.1) is 16.0 Å². The lowest BCUT2D eigenvalue weighted by molar-refractivity contribution is -0.384. The fraction of sp³-hybridized carbons (Fsp3) is 0.600. The topological polar surface area (TPSA) is 75.4 Å². The molecular formula is C15H22N2O3. The molecule has 0 aromatic heterocycles. The van der Waals surface area contributed by atoms with Crippen LogP contribution in [0.2, 0.25) is 0 Å². The Morgan fingerprint density at radius 1 is 1.45 bits per heavy atom. The molecule has 1 aromatic carbocycles. The molecule has 0 saturated heterocycles. The van der Waals surface area contributed by atoms with Crippen LogP contribution < -0.4 is 5.32 Å². The van der Waals surface area contributed by atoms with Crippen molar-refractivity contribution in [1.29, 1.82) is 0 Å². The van der Waals surface area contributed by atoms with E-state index in [1.54, 1.807) is 12.1 Å². The summed E-state index contributed by atoms with van der Waals surface area (Å²) in [6, 6.07) is 6.63. The third-order valence-electron chi connectivity index (χ3n) is 4.16.